The number of morpholine rings is 1. The number of nitrogens with zero attached hydrogens (tertiary/aromatic N) is 2. The molecule has 1 amide bonds. The summed E-state index contributed by atoms with van der Waals surface area (Å²) in [5.41, 5.74) is 1.91. The zero-order chi connectivity index (χ0) is 22.7. The number of benzene rings is 2. The molecular weight excluding hydrogens is 411 g/mol. The first kappa shape index (κ1) is 22.2. The molecule has 1 unspecified atom stereocenters. The Labute approximate surface area is 186 Å². The monoisotopic (exact) mass is 438 g/mol. The van der Waals surface area contributed by atoms with Gasteiger partial charge in [-0.05, 0) is 31.0 Å². The highest BCUT2D eigenvalue weighted by molar-refractivity contribution is 6.46. The van der Waals surface area contributed by atoms with Gasteiger partial charge in [-0.3, -0.25) is 14.5 Å². The van der Waals surface area contributed by atoms with Crippen molar-refractivity contribution >= 4 is 17.4 Å². The molecule has 4 rings (SSSR count). The minimum atomic E-state index is -0.836. The molecule has 2 aliphatic rings. The summed E-state index contributed by atoms with van der Waals surface area (Å²) in [6.45, 7) is 6.05. The quantitative estimate of drug-likeness (QED) is 0.426. The van der Waals surface area contributed by atoms with E-state index in [4.69, 9.17) is 4.74 Å². The number of aryl methyl sites for hydroxylation is 1. The molecule has 32 heavy (non-hydrogen) atoms. The lowest BCUT2D eigenvalue weighted by molar-refractivity contribution is -0.140. The molecule has 0 aromatic heterocycles. The van der Waals surface area contributed by atoms with E-state index in [1.165, 1.54) is 17.0 Å². The number of hydrogen-bond acceptors (Lipinski definition) is 5. The maximum atomic E-state index is 14.0. The van der Waals surface area contributed by atoms with Crippen molar-refractivity contribution in [1.82, 2.24) is 9.80 Å². The third-order valence-corrected chi connectivity index (χ3v) is 6.01. The van der Waals surface area contributed by atoms with E-state index < -0.39 is 23.5 Å². The van der Waals surface area contributed by atoms with E-state index in [1.54, 1.807) is 24.3 Å². The molecule has 168 valence electrons. The third kappa shape index (κ3) is 4.59. The average molecular weight is 438 g/mol. The Kier molecular flexibility index (Phi) is 6.67. The van der Waals surface area contributed by atoms with Gasteiger partial charge >= 0.3 is 0 Å². The van der Waals surface area contributed by atoms with E-state index in [9.17, 15) is 19.1 Å². The summed E-state index contributed by atoms with van der Waals surface area (Å²) in [7, 11) is 0. The molecule has 0 spiro atoms. The molecule has 0 saturated carbocycles. The van der Waals surface area contributed by atoms with Crippen molar-refractivity contribution in [3.8, 4) is 0 Å². The third-order valence-electron chi connectivity index (χ3n) is 6.01. The molecule has 2 heterocycles. The predicted molar refractivity (Wildman–Crippen MR) is 118 cm³/mol. The Morgan fingerprint density at radius 3 is 2.50 bits per heavy atom. The van der Waals surface area contributed by atoms with Crippen molar-refractivity contribution in [3.63, 3.8) is 0 Å². The molecule has 7 heteroatoms. The number of ether oxygens (including phenoxy) is 1. The standard InChI is InChI=1S/C25H27FN2O4/c1-17-6-8-18(9-7-17)23(29)21-22(19-4-2-5-20(26)16-19)28(25(31)24(21)30)11-3-10-27-12-14-32-15-13-27/h2,4-9,16,22,29H,3,10-15H2,1H3. The lowest BCUT2D eigenvalue weighted by Gasteiger charge is -2.29. The highest BCUT2D eigenvalue weighted by Gasteiger charge is 2.45. The highest BCUT2D eigenvalue weighted by atomic mass is 19.1. The van der Waals surface area contributed by atoms with Gasteiger partial charge in [0.1, 0.15) is 11.6 Å². The molecular formula is C25H27FN2O4. The van der Waals surface area contributed by atoms with Crippen LogP contribution in [0.4, 0.5) is 4.39 Å². The fourth-order valence-corrected chi connectivity index (χ4v) is 4.29. The Balaban J connectivity index is 1.67. The number of hydrogen-bond donors (Lipinski definition) is 1. The minimum Gasteiger partial charge on any atom is -0.507 e. The molecule has 6 nitrogen and oxygen atoms in total. The van der Waals surface area contributed by atoms with Crippen LogP contribution in [0.15, 0.2) is 54.1 Å². The average Bonchev–Trinajstić information content (AvgIpc) is 3.05. The number of aliphatic hydroxyl groups excluding tert-OH is 1. The topological polar surface area (TPSA) is 70.1 Å². The van der Waals surface area contributed by atoms with Gasteiger partial charge in [0.2, 0.25) is 0 Å². The van der Waals surface area contributed by atoms with Crippen LogP contribution in [0, 0.1) is 12.7 Å². The van der Waals surface area contributed by atoms with Crippen LogP contribution in [0.25, 0.3) is 5.76 Å². The Morgan fingerprint density at radius 2 is 1.81 bits per heavy atom. The molecule has 0 bridgehead atoms. The first-order chi connectivity index (χ1) is 15.5. The molecule has 2 aliphatic heterocycles. The van der Waals surface area contributed by atoms with Crippen molar-refractivity contribution in [3.05, 3.63) is 76.6 Å². The SMILES string of the molecule is Cc1ccc(C(O)=C2C(=O)C(=O)N(CCCN3CCOCC3)C2c2cccc(F)c2)cc1. The van der Waals surface area contributed by atoms with E-state index >= 15 is 0 Å². The second kappa shape index (κ2) is 9.63. The minimum absolute atomic E-state index is 0.00387. The first-order valence-corrected chi connectivity index (χ1v) is 10.9. The number of ketones is 1. The number of carbonyl (C=O) groups excluding carboxylic acids is 2. The fourth-order valence-electron chi connectivity index (χ4n) is 4.29. The van der Waals surface area contributed by atoms with Gasteiger partial charge in [-0.15, -0.1) is 0 Å². The van der Waals surface area contributed by atoms with E-state index in [1.807, 2.05) is 19.1 Å². The van der Waals surface area contributed by atoms with Crippen LogP contribution in [-0.2, 0) is 14.3 Å². The molecule has 1 N–H and O–H groups in total. The predicted octanol–water partition coefficient (Wildman–Crippen LogP) is 3.28. The summed E-state index contributed by atoms with van der Waals surface area (Å²) in [5, 5.41) is 11.0. The molecule has 2 fully saturated rings. The van der Waals surface area contributed by atoms with Crippen LogP contribution < -0.4 is 0 Å². The molecule has 1 atom stereocenters. The number of aliphatic hydroxyl groups is 1. The maximum Gasteiger partial charge on any atom is 0.295 e. The van der Waals surface area contributed by atoms with Gasteiger partial charge in [-0.25, -0.2) is 4.39 Å². The van der Waals surface area contributed by atoms with Gasteiger partial charge in [0.05, 0.1) is 24.8 Å². The number of amides is 1. The fraction of sp³-hybridized carbons (Fsp3) is 0.360. The van der Waals surface area contributed by atoms with E-state index in [-0.39, 0.29) is 11.3 Å². The normalized spacial score (nSPS) is 21.3. The van der Waals surface area contributed by atoms with Gasteiger partial charge in [-0.2, -0.15) is 0 Å². The summed E-state index contributed by atoms with van der Waals surface area (Å²) in [6.07, 6.45) is 0.656. The molecule has 2 aromatic carbocycles. The molecule has 0 aliphatic carbocycles. The Hall–Kier alpha value is -3.03. The van der Waals surface area contributed by atoms with E-state index in [0.717, 1.165) is 25.2 Å². The summed E-state index contributed by atoms with van der Waals surface area (Å²) >= 11 is 0. The van der Waals surface area contributed by atoms with Crippen molar-refractivity contribution in [2.45, 2.75) is 19.4 Å². The lowest BCUT2D eigenvalue weighted by atomic mass is 9.95. The maximum absolute atomic E-state index is 14.0. The summed E-state index contributed by atoms with van der Waals surface area (Å²) in [4.78, 5) is 29.7. The second-order valence-electron chi connectivity index (χ2n) is 8.22. The summed E-state index contributed by atoms with van der Waals surface area (Å²) in [5.74, 6) is -2.12. The zero-order valence-corrected chi connectivity index (χ0v) is 18.1. The van der Waals surface area contributed by atoms with Crippen LogP contribution in [0.2, 0.25) is 0 Å². The molecule has 2 aromatic rings. The van der Waals surface area contributed by atoms with E-state index in [0.29, 0.717) is 37.3 Å². The van der Waals surface area contributed by atoms with Gasteiger partial charge in [0.25, 0.3) is 11.7 Å². The second-order valence-corrected chi connectivity index (χ2v) is 8.22. The summed E-state index contributed by atoms with van der Waals surface area (Å²) in [6, 6.07) is 12.1. The number of Topliss-reactive ketones (excluding diaryl/α,β-unsaturated/α-hetero) is 1. The van der Waals surface area contributed by atoms with Gasteiger partial charge < -0.3 is 14.7 Å². The lowest BCUT2D eigenvalue weighted by Crippen LogP contribution is -2.39. The van der Waals surface area contributed by atoms with Crippen LogP contribution >= 0.6 is 0 Å². The summed E-state index contributed by atoms with van der Waals surface area (Å²) < 4.78 is 19.4. The number of rotatable bonds is 6. The first-order valence-electron chi connectivity index (χ1n) is 10.9. The van der Waals surface area contributed by atoms with Crippen LogP contribution in [-0.4, -0.2) is 66.0 Å². The van der Waals surface area contributed by atoms with Crippen LogP contribution in [0.3, 0.4) is 0 Å². The van der Waals surface area contributed by atoms with Crippen LogP contribution in [0.1, 0.15) is 29.2 Å². The number of carbonyl (C=O) groups is 2. The Morgan fingerprint density at radius 1 is 1.09 bits per heavy atom. The largest absolute Gasteiger partial charge is 0.507 e. The van der Waals surface area contributed by atoms with E-state index in [2.05, 4.69) is 4.90 Å². The molecule has 0 radical (unpaired) electrons. The van der Waals surface area contributed by atoms with Crippen LogP contribution in [0.5, 0.6) is 0 Å². The highest BCUT2D eigenvalue weighted by Crippen LogP contribution is 2.39. The Bertz CT molecular complexity index is 1030. The van der Waals surface area contributed by atoms with Crippen molar-refractivity contribution in [2.24, 2.45) is 0 Å². The number of halogens is 1. The smallest absolute Gasteiger partial charge is 0.295 e. The molecule has 2 saturated heterocycles. The van der Waals surface area contributed by atoms with Gasteiger partial charge in [0.15, 0.2) is 0 Å². The van der Waals surface area contributed by atoms with Crippen molar-refractivity contribution < 1.29 is 23.8 Å². The van der Waals surface area contributed by atoms with Gasteiger partial charge in [0, 0.05) is 31.7 Å². The number of likely N-dealkylation sites (tertiary alicyclic amines) is 1. The zero-order valence-electron chi connectivity index (χ0n) is 18.1. The van der Waals surface area contributed by atoms with Crippen molar-refractivity contribution in [1.29, 1.82) is 0 Å². The van der Waals surface area contributed by atoms with Gasteiger partial charge in [-0.1, -0.05) is 42.0 Å². The van der Waals surface area contributed by atoms with Crippen molar-refractivity contribution in [2.75, 3.05) is 39.4 Å².